The number of ether oxygens (including phenoxy) is 1. The van der Waals surface area contributed by atoms with Crippen LogP contribution in [-0.4, -0.2) is 31.5 Å². The van der Waals surface area contributed by atoms with E-state index in [1.165, 1.54) is 0 Å². The number of hydrogen-bond donors (Lipinski definition) is 2. The van der Waals surface area contributed by atoms with Crippen molar-refractivity contribution in [1.29, 1.82) is 0 Å². The molecule has 0 amide bonds. The molecule has 6 nitrogen and oxygen atoms in total. The molecule has 2 N–H and O–H groups in total. The maximum Gasteiger partial charge on any atom is 0.185 e. The zero-order chi connectivity index (χ0) is 17.1. The predicted octanol–water partition coefficient (Wildman–Crippen LogP) is 3.71. The van der Waals surface area contributed by atoms with E-state index in [4.69, 9.17) is 21.5 Å². The number of nitrogens with one attached hydrogen (secondary N) is 2. The summed E-state index contributed by atoms with van der Waals surface area (Å²) in [5, 5.41) is 11.6. The van der Waals surface area contributed by atoms with Crippen LogP contribution in [0.2, 0.25) is 0 Å². The van der Waals surface area contributed by atoms with Gasteiger partial charge in [-0.3, -0.25) is 0 Å². The number of fused-ring (bicyclic) bond motifs is 1. The van der Waals surface area contributed by atoms with Gasteiger partial charge in [-0.2, -0.15) is 0 Å². The lowest BCUT2D eigenvalue weighted by molar-refractivity contribution is 0.417. The predicted molar refractivity (Wildman–Crippen MR) is 101 cm³/mol. The van der Waals surface area contributed by atoms with Crippen LogP contribution >= 0.6 is 12.2 Å². The van der Waals surface area contributed by atoms with E-state index in [2.05, 4.69) is 15.8 Å². The van der Waals surface area contributed by atoms with Gasteiger partial charge in [-0.15, -0.1) is 0 Å². The number of nitrogens with zero attached hydrogens (tertiary/aromatic N) is 2. The summed E-state index contributed by atoms with van der Waals surface area (Å²) in [6, 6.07) is 13.4. The van der Waals surface area contributed by atoms with Crippen LogP contribution in [0.3, 0.4) is 0 Å². The molecular weight excluding hydrogens is 324 g/mol. The number of hydrogen-bond acceptors (Lipinski definition) is 5. The molecule has 0 bridgehead atoms. The van der Waals surface area contributed by atoms with Crippen LogP contribution in [-0.2, 0) is 0 Å². The van der Waals surface area contributed by atoms with Gasteiger partial charge in [0.05, 0.1) is 23.9 Å². The van der Waals surface area contributed by atoms with Gasteiger partial charge >= 0.3 is 0 Å². The highest BCUT2D eigenvalue weighted by atomic mass is 32.1. The van der Waals surface area contributed by atoms with Gasteiger partial charge in [-0.05, 0) is 36.5 Å². The second-order valence-corrected chi connectivity index (χ2v) is 5.76. The first-order valence-corrected chi connectivity index (χ1v) is 7.77. The number of methoxy groups -OCH3 is 1. The molecule has 0 radical (unpaired) electrons. The average molecular weight is 342 g/mol. The molecule has 2 aromatic carbocycles. The van der Waals surface area contributed by atoms with Crippen LogP contribution in [0.25, 0.3) is 11.0 Å². The van der Waals surface area contributed by atoms with E-state index in [0.717, 1.165) is 16.8 Å². The van der Waals surface area contributed by atoms with E-state index in [-0.39, 0.29) is 0 Å². The molecule has 3 rings (SSSR count). The molecule has 0 unspecified atom stereocenters. The molecule has 0 saturated carbocycles. The first-order chi connectivity index (χ1) is 11.6. The lowest BCUT2D eigenvalue weighted by Gasteiger charge is -2.15. The van der Waals surface area contributed by atoms with Crippen molar-refractivity contribution in [2.45, 2.75) is 0 Å². The van der Waals surface area contributed by atoms with E-state index in [1.54, 1.807) is 7.11 Å². The molecule has 0 saturated heterocycles. The minimum absolute atomic E-state index is 0.406. The second-order valence-electron chi connectivity index (χ2n) is 5.36. The molecule has 0 spiro atoms. The highest BCUT2D eigenvalue weighted by Crippen LogP contribution is 2.32. The molecule has 0 fully saturated rings. The zero-order valence-electron chi connectivity index (χ0n) is 13.7. The van der Waals surface area contributed by atoms with Crippen LogP contribution in [0.1, 0.15) is 0 Å². The first-order valence-electron chi connectivity index (χ1n) is 7.37. The lowest BCUT2D eigenvalue weighted by Crippen LogP contribution is -2.20. The Morgan fingerprint density at radius 3 is 2.67 bits per heavy atom. The van der Waals surface area contributed by atoms with Gasteiger partial charge in [0, 0.05) is 14.1 Å². The van der Waals surface area contributed by atoms with Gasteiger partial charge < -0.3 is 24.8 Å². The van der Waals surface area contributed by atoms with Crippen LogP contribution in [0, 0.1) is 0 Å². The third-order valence-corrected chi connectivity index (χ3v) is 3.75. The number of anilines is 3. The van der Waals surface area contributed by atoms with Crippen molar-refractivity contribution >= 4 is 45.5 Å². The van der Waals surface area contributed by atoms with Crippen molar-refractivity contribution in [2.24, 2.45) is 0 Å². The molecule has 1 aromatic heterocycles. The Morgan fingerprint density at radius 1 is 1.12 bits per heavy atom. The van der Waals surface area contributed by atoms with Crippen molar-refractivity contribution in [3.63, 3.8) is 0 Å². The molecule has 0 aliphatic rings. The summed E-state index contributed by atoms with van der Waals surface area (Å²) in [5.74, 6) is 1.28. The van der Waals surface area contributed by atoms with Gasteiger partial charge in [-0.1, -0.05) is 23.4 Å². The van der Waals surface area contributed by atoms with Gasteiger partial charge in [0.1, 0.15) is 5.75 Å². The van der Waals surface area contributed by atoms with Crippen LogP contribution in [0.4, 0.5) is 17.2 Å². The SMILES string of the molecule is COc1ccccc1NC(=S)Nc1noc2cccc(N(C)C)c12. The Kier molecular flexibility index (Phi) is 4.52. The van der Waals surface area contributed by atoms with Crippen LogP contribution < -0.4 is 20.3 Å². The van der Waals surface area contributed by atoms with E-state index in [9.17, 15) is 0 Å². The number of rotatable bonds is 4. The molecule has 1 heterocycles. The normalized spacial score (nSPS) is 10.5. The molecular formula is C17H18N4O2S. The average Bonchev–Trinajstić information content (AvgIpc) is 2.98. The summed E-state index contributed by atoms with van der Waals surface area (Å²) in [6.45, 7) is 0. The quantitative estimate of drug-likeness (QED) is 0.701. The monoisotopic (exact) mass is 342 g/mol. The van der Waals surface area contributed by atoms with E-state index in [0.29, 0.717) is 22.3 Å². The topological polar surface area (TPSA) is 62.6 Å². The third-order valence-electron chi connectivity index (χ3n) is 3.55. The smallest absolute Gasteiger partial charge is 0.185 e. The number of aromatic nitrogens is 1. The number of thiocarbonyl (C=S) groups is 1. The Morgan fingerprint density at radius 2 is 1.92 bits per heavy atom. The van der Waals surface area contributed by atoms with E-state index >= 15 is 0 Å². The van der Waals surface area contributed by atoms with E-state index in [1.807, 2.05) is 61.5 Å². The molecule has 0 aliphatic carbocycles. The summed E-state index contributed by atoms with van der Waals surface area (Å²) in [4.78, 5) is 2.00. The Balaban J connectivity index is 1.86. The summed E-state index contributed by atoms with van der Waals surface area (Å²) >= 11 is 5.39. The summed E-state index contributed by atoms with van der Waals surface area (Å²) in [6.07, 6.45) is 0. The Labute approximate surface area is 145 Å². The molecule has 124 valence electrons. The fourth-order valence-corrected chi connectivity index (χ4v) is 2.65. The van der Waals surface area contributed by atoms with Gasteiger partial charge in [0.2, 0.25) is 0 Å². The van der Waals surface area contributed by atoms with E-state index < -0.39 is 0 Å². The maximum atomic E-state index is 5.39. The minimum atomic E-state index is 0.406. The van der Waals surface area contributed by atoms with Crippen molar-refractivity contribution in [2.75, 3.05) is 36.7 Å². The fourth-order valence-electron chi connectivity index (χ4n) is 2.44. The first kappa shape index (κ1) is 16.1. The Hall–Kier alpha value is -2.80. The third kappa shape index (κ3) is 3.11. The van der Waals surface area contributed by atoms with Gasteiger partial charge in [-0.25, -0.2) is 0 Å². The standard InChI is InChI=1S/C17H18N4O2S/c1-21(2)12-8-6-10-14-15(12)16(20-23-14)19-17(24)18-11-7-4-5-9-13(11)22-3/h4-10H,1-3H3,(H2,18,19,20,24). The highest BCUT2D eigenvalue weighted by molar-refractivity contribution is 7.80. The van der Waals surface area contributed by atoms with Crippen LogP contribution in [0.15, 0.2) is 47.0 Å². The largest absolute Gasteiger partial charge is 0.495 e. The summed E-state index contributed by atoms with van der Waals surface area (Å²) < 4.78 is 10.7. The molecule has 7 heteroatoms. The molecule has 0 aliphatic heterocycles. The lowest BCUT2D eigenvalue weighted by atomic mass is 10.2. The summed E-state index contributed by atoms with van der Waals surface area (Å²) in [7, 11) is 5.55. The van der Waals surface area contributed by atoms with Crippen LogP contribution in [0.5, 0.6) is 5.75 Å². The van der Waals surface area contributed by atoms with Gasteiger partial charge in [0.15, 0.2) is 16.5 Å². The maximum absolute atomic E-state index is 5.39. The number of para-hydroxylation sites is 2. The van der Waals surface area contributed by atoms with Crippen molar-refractivity contribution in [3.05, 3.63) is 42.5 Å². The molecule has 24 heavy (non-hydrogen) atoms. The molecule has 0 atom stereocenters. The van der Waals surface area contributed by atoms with Crippen molar-refractivity contribution < 1.29 is 9.26 Å². The van der Waals surface area contributed by atoms with Crippen molar-refractivity contribution in [3.8, 4) is 5.75 Å². The highest BCUT2D eigenvalue weighted by Gasteiger charge is 2.15. The number of benzene rings is 2. The molecule has 3 aromatic rings. The minimum Gasteiger partial charge on any atom is -0.495 e. The summed E-state index contributed by atoms with van der Waals surface area (Å²) in [5.41, 5.74) is 2.47. The Bertz CT molecular complexity index is 876. The van der Waals surface area contributed by atoms with Crippen molar-refractivity contribution in [1.82, 2.24) is 5.16 Å². The fraction of sp³-hybridized carbons (Fsp3) is 0.176. The second kappa shape index (κ2) is 6.76. The van der Waals surface area contributed by atoms with Gasteiger partial charge in [0.25, 0.3) is 0 Å². The zero-order valence-corrected chi connectivity index (χ0v) is 14.5.